The van der Waals surface area contributed by atoms with Crippen molar-refractivity contribution < 1.29 is 47.8 Å². The van der Waals surface area contributed by atoms with Crippen LogP contribution in [-0.4, -0.2) is 48.1 Å². The molecule has 1 amide bonds. The molecule has 1 aliphatic rings. The Morgan fingerprint density at radius 3 is 2.14 bits per heavy atom. The van der Waals surface area contributed by atoms with Crippen molar-refractivity contribution >= 4 is 18.1 Å². The highest BCUT2D eigenvalue weighted by Crippen LogP contribution is 2.44. The van der Waals surface area contributed by atoms with Crippen LogP contribution in [0.15, 0.2) is 66.7 Å². The van der Waals surface area contributed by atoms with Gasteiger partial charge in [-0.25, -0.2) is 8.78 Å². The normalized spacial score (nSPS) is 15.7. The number of fused-ring (bicyclic) bond motifs is 1. The lowest BCUT2D eigenvalue weighted by Crippen LogP contribution is -2.43. The van der Waals surface area contributed by atoms with Gasteiger partial charge in [0, 0.05) is 17.2 Å². The van der Waals surface area contributed by atoms with Gasteiger partial charge in [-0.15, -0.1) is 0 Å². The third-order valence-corrected chi connectivity index (χ3v) is 6.71. The first-order chi connectivity index (χ1) is 20.6. The summed E-state index contributed by atoms with van der Waals surface area (Å²) < 4.78 is 50.3. The molecule has 9 nitrogen and oxygen atoms in total. The van der Waals surface area contributed by atoms with Crippen LogP contribution < -0.4 is 24.3 Å². The zero-order valence-electron chi connectivity index (χ0n) is 23.0. The predicted molar refractivity (Wildman–Crippen MR) is 153 cm³/mol. The third kappa shape index (κ3) is 6.40. The van der Waals surface area contributed by atoms with Crippen LogP contribution in [0.2, 0.25) is 0 Å². The lowest BCUT2D eigenvalue weighted by molar-refractivity contribution is 0.0197. The van der Waals surface area contributed by atoms with Gasteiger partial charge in [0.2, 0.25) is 5.75 Å². The van der Waals surface area contributed by atoms with Crippen LogP contribution in [0.5, 0.6) is 40.2 Å². The third-order valence-electron chi connectivity index (χ3n) is 6.71. The minimum atomic E-state index is -1.15. The van der Waals surface area contributed by atoms with Crippen molar-refractivity contribution in [3.63, 3.8) is 0 Å². The molecule has 1 heterocycles. The Hall–Kier alpha value is -5.45. The number of amides is 1. The monoisotopic (exact) mass is 591 g/mol. The summed E-state index contributed by atoms with van der Waals surface area (Å²) in [6.07, 6.45) is 1.81. The molecule has 222 valence electrons. The van der Waals surface area contributed by atoms with Gasteiger partial charge in [-0.1, -0.05) is 18.2 Å². The Bertz CT molecular complexity index is 1660. The average Bonchev–Trinajstić information content (AvgIpc) is 2.99. The number of hydrogen-bond acceptors (Lipinski definition) is 8. The first-order valence-corrected chi connectivity index (χ1v) is 13.0. The minimum Gasteiger partial charge on any atom is -0.508 e. The SMILES string of the molecule is COc1cc([C@@H]2Oc3cc(/C=C/c4cc(O)cc(O)c4)ccc3O[C@H]2CNC(=O)c2ccc(F)c(F)c2)cc(OC)c1O. The van der Waals surface area contributed by atoms with E-state index >= 15 is 0 Å². The first kappa shape index (κ1) is 29.1. The Morgan fingerprint density at radius 1 is 0.814 bits per heavy atom. The fourth-order valence-electron chi connectivity index (χ4n) is 4.60. The van der Waals surface area contributed by atoms with Gasteiger partial charge in [-0.05, 0) is 65.7 Å². The van der Waals surface area contributed by atoms with Crippen LogP contribution in [0.25, 0.3) is 12.2 Å². The van der Waals surface area contributed by atoms with Gasteiger partial charge in [-0.2, -0.15) is 0 Å². The molecule has 0 aromatic heterocycles. The Morgan fingerprint density at radius 2 is 1.49 bits per heavy atom. The molecule has 11 heteroatoms. The predicted octanol–water partition coefficient (Wildman–Crippen LogP) is 5.58. The van der Waals surface area contributed by atoms with Crippen LogP contribution in [-0.2, 0) is 0 Å². The van der Waals surface area contributed by atoms with Gasteiger partial charge in [0.15, 0.2) is 46.8 Å². The van der Waals surface area contributed by atoms with E-state index in [1.165, 1.54) is 38.5 Å². The Labute approximate surface area is 245 Å². The van der Waals surface area contributed by atoms with Crippen molar-refractivity contribution in [1.82, 2.24) is 5.32 Å². The van der Waals surface area contributed by atoms with Crippen molar-refractivity contribution in [3.8, 4) is 40.2 Å². The van der Waals surface area contributed by atoms with Gasteiger partial charge < -0.3 is 39.6 Å². The van der Waals surface area contributed by atoms with Gasteiger partial charge in [0.1, 0.15) is 11.5 Å². The van der Waals surface area contributed by atoms with Crippen LogP contribution in [0.3, 0.4) is 0 Å². The number of ether oxygens (including phenoxy) is 4. The van der Waals surface area contributed by atoms with E-state index in [1.54, 1.807) is 42.5 Å². The molecule has 0 saturated heterocycles. The fraction of sp³-hybridized carbons (Fsp3) is 0.156. The molecule has 0 saturated carbocycles. The Balaban J connectivity index is 1.45. The van der Waals surface area contributed by atoms with Gasteiger partial charge in [0.05, 0.1) is 20.8 Å². The molecular formula is C32H27F2NO8. The molecule has 0 aliphatic carbocycles. The van der Waals surface area contributed by atoms with E-state index in [0.717, 1.165) is 17.7 Å². The summed E-state index contributed by atoms with van der Waals surface area (Å²) in [6.45, 7) is -0.0872. The van der Waals surface area contributed by atoms with E-state index in [4.69, 9.17) is 18.9 Å². The summed E-state index contributed by atoms with van der Waals surface area (Å²) in [5.41, 5.74) is 1.72. The molecule has 5 rings (SSSR count). The van der Waals surface area contributed by atoms with E-state index in [9.17, 15) is 28.9 Å². The van der Waals surface area contributed by atoms with Crippen LogP contribution in [0.1, 0.15) is 33.2 Å². The van der Waals surface area contributed by atoms with E-state index < -0.39 is 29.7 Å². The molecule has 43 heavy (non-hydrogen) atoms. The number of methoxy groups -OCH3 is 2. The maximum atomic E-state index is 13.7. The van der Waals surface area contributed by atoms with E-state index in [-0.39, 0.29) is 40.9 Å². The van der Waals surface area contributed by atoms with E-state index in [1.807, 2.05) is 0 Å². The number of aromatic hydroxyl groups is 3. The standard InChI is InChI=1S/C32H27F2NO8/c1-40-27-13-20(14-28(41-2)30(27)38)31-29(16-35-32(39)19-6-7-23(33)24(34)12-19)42-25-8-5-17(11-26(25)43-31)3-4-18-9-21(36)15-22(37)10-18/h3-15,29,31,36-38H,16H2,1-2H3,(H,35,39)/b4-3+/t29-,31-/m0/s1. The van der Waals surface area contributed by atoms with Crippen LogP contribution in [0, 0.1) is 11.6 Å². The molecule has 4 aromatic rings. The molecule has 1 aliphatic heterocycles. The maximum Gasteiger partial charge on any atom is 0.251 e. The largest absolute Gasteiger partial charge is 0.508 e. The molecular weight excluding hydrogens is 564 g/mol. The quantitative estimate of drug-likeness (QED) is 0.196. The average molecular weight is 592 g/mol. The number of carbonyl (C=O) groups excluding carboxylic acids is 1. The number of benzene rings is 4. The van der Waals surface area contributed by atoms with E-state index in [0.29, 0.717) is 22.6 Å². The van der Waals surface area contributed by atoms with Crippen molar-refractivity contribution in [2.75, 3.05) is 20.8 Å². The van der Waals surface area contributed by atoms with Crippen molar-refractivity contribution in [3.05, 3.63) is 101 Å². The fourth-order valence-corrected chi connectivity index (χ4v) is 4.60. The molecule has 0 bridgehead atoms. The highest BCUT2D eigenvalue weighted by atomic mass is 19.2. The summed E-state index contributed by atoms with van der Waals surface area (Å²) in [5.74, 6) is -2.22. The highest BCUT2D eigenvalue weighted by molar-refractivity contribution is 5.94. The number of hydrogen-bond donors (Lipinski definition) is 4. The number of carbonyl (C=O) groups is 1. The van der Waals surface area contributed by atoms with E-state index in [2.05, 4.69) is 5.32 Å². The van der Waals surface area contributed by atoms with Crippen molar-refractivity contribution in [2.24, 2.45) is 0 Å². The molecule has 0 radical (unpaired) electrons. The smallest absolute Gasteiger partial charge is 0.251 e. The van der Waals surface area contributed by atoms with Gasteiger partial charge >= 0.3 is 0 Å². The maximum absolute atomic E-state index is 13.7. The highest BCUT2D eigenvalue weighted by Gasteiger charge is 2.35. The molecule has 0 spiro atoms. The van der Waals surface area contributed by atoms with Gasteiger partial charge in [-0.3, -0.25) is 4.79 Å². The summed E-state index contributed by atoms with van der Waals surface area (Å²) in [4.78, 5) is 12.8. The lowest BCUT2D eigenvalue weighted by Gasteiger charge is -2.35. The molecule has 0 fully saturated rings. The minimum absolute atomic E-state index is 0.0722. The zero-order valence-corrected chi connectivity index (χ0v) is 23.0. The van der Waals surface area contributed by atoms with Crippen molar-refractivity contribution in [1.29, 1.82) is 0 Å². The molecule has 4 N–H and O–H groups in total. The molecule has 4 aromatic carbocycles. The second-order valence-electron chi connectivity index (χ2n) is 9.63. The second kappa shape index (κ2) is 12.2. The zero-order chi connectivity index (χ0) is 30.7. The summed E-state index contributed by atoms with van der Waals surface area (Å²) >= 11 is 0. The molecule has 2 atom stereocenters. The van der Waals surface area contributed by atoms with Gasteiger partial charge in [0.25, 0.3) is 5.91 Å². The summed E-state index contributed by atoms with van der Waals surface area (Å²) in [5, 5.41) is 32.6. The number of phenols is 3. The first-order valence-electron chi connectivity index (χ1n) is 13.0. The number of rotatable bonds is 8. The number of halogens is 2. The van der Waals surface area contributed by atoms with Crippen molar-refractivity contribution in [2.45, 2.75) is 12.2 Å². The lowest BCUT2D eigenvalue weighted by atomic mass is 10.0. The summed E-state index contributed by atoms with van der Waals surface area (Å²) in [7, 11) is 2.77. The molecule has 0 unspecified atom stereocenters. The topological polar surface area (TPSA) is 127 Å². The summed E-state index contributed by atoms with van der Waals surface area (Å²) in [6, 6.07) is 15.4. The Kier molecular flexibility index (Phi) is 8.24. The number of nitrogens with one attached hydrogen (secondary N) is 1. The number of phenolic OH excluding ortho intramolecular Hbond substituents is 3. The van der Waals surface area contributed by atoms with Crippen LogP contribution in [0.4, 0.5) is 8.78 Å². The second-order valence-corrected chi connectivity index (χ2v) is 9.63. The van der Waals surface area contributed by atoms with Crippen LogP contribution >= 0.6 is 0 Å².